The summed E-state index contributed by atoms with van der Waals surface area (Å²) in [5.74, 6) is 1.78. The molecular formula is C41H62N3O2P. The number of benzene rings is 3. The first-order valence-electron chi connectivity index (χ1n) is 17.9. The first-order valence-corrected chi connectivity index (χ1v) is 20.1. The molecule has 5 nitrogen and oxygen atoms in total. The van der Waals surface area contributed by atoms with Gasteiger partial charge in [0, 0.05) is 0 Å². The molecule has 0 heterocycles. The van der Waals surface area contributed by atoms with Gasteiger partial charge in [-0.25, -0.2) is 0 Å². The average Bonchev–Trinajstić information content (AvgIpc) is 3.03. The van der Waals surface area contributed by atoms with Crippen LogP contribution < -0.4 is 15.9 Å². The van der Waals surface area contributed by atoms with E-state index in [2.05, 4.69) is 151 Å². The number of rotatable bonds is 19. The number of nitrogens with zero attached hydrogens (tertiary/aromatic N) is 3. The number of carbonyl (C=O) groups excluding carboxylic acids is 2. The maximum absolute atomic E-state index is 13.9. The third-order valence-corrected chi connectivity index (χ3v) is 13.7. The number of carbonyl (C=O) groups is 2. The van der Waals surface area contributed by atoms with Crippen LogP contribution in [0.25, 0.3) is 0 Å². The Kier molecular flexibility index (Phi) is 15.6. The Labute approximate surface area is 287 Å². The molecule has 0 fully saturated rings. The van der Waals surface area contributed by atoms with Gasteiger partial charge in [-0.2, -0.15) is 0 Å². The number of amides is 2. The molecule has 0 atom stereocenters. The summed E-state index contributed by atoms with van der Waals surface area (Å²) >= 11 is 0. The SMILES string of the molecule is CC(C)CN(CC(C)C)C(=O)CN(CCC[PH](c1ccccc1)(c1ccccc1)c1ccccc1)CC(=O)N(CC(C)C)CC(C)C. The molecule has 0 aliphatic heterocycles. The van der Waals surface area contributed by atoms with E-state index in [4.69, 9.17) is 0 Å². The predicted octanol–water partition coefficient (Wildman–Crippen LogP) is 6.69. The van der Waals surface area contributed by atoms with Gasteiger partial charge < -0.3 is 0 Å². The number of hydrogen-bond donors (Lipinski definition) is 0. The van der Waals surface area contributed by atoms with E-state index in [1.165, 1.54) is 15.9 Å². The summed E-state index contributed by atoms with van der Waals surface area (Å²) in [5, 5.41) is 4.16. The van der Waals surface area contributed by atoms with Gasteiger partial charge in [-0.3, -0.25) is 0 Å². The van der Waals surface area contributed by atoms with Crippen LogP contribution in [-0.2, 0) is 9.59 Å². The van der Waals surface area contributed by atoms with Gasteiger partial charge in [0.1, 0.15) is 0 Å². The van der Waals surface area contributed by atoms with Crippen LogP contribution in [0.4, 0.5) is 0 Å². The zero-order valence-electron chi connectivity index (χ0n) is 30.5. The van der Waals surface area contributed by atoms with E-state index in [1.54, 1.807) is 0 Å². The Morgan fingerprint density at radius 1 is 0.511 bits per heavy atom. The molecule has 0 saturated carbocycles. The summed E-state index contributed by atoms with van der Waals surface area (Å²) < 4.78 is 0. The summed E-state index contributed by atoms with van der Waals surface area (Å²) in [6, 6.07) is 33.0. The summed E-state index contributed by atoms with van der Waals surface area (Å²) in [6.45, 7) is 21.5. The fourth-order valence-corrected chi connectivity index (χ4v) is 11.6. The zero-order valence-corrected chi connectivity index (χ0v) is 31.5. The van der Waals surface area contributed by atoms with E-state index in [0.29, 0.717) is 30.2 Å². The van der Waals surface area contributed by atoms with Crippen LogP contribution in [0.3, 0.4) is 0 Å². The van der Waals surface area contributed by atoms with E-state index >= 15 is 0 Å². The Morgan fingerprint density at radius 3 is 1.09 bits per heavy atom. The fraction of sp³-hybridized carbons (Fsp3) is 0.512. The van der Waals surface area contributed by atoms with Crippen LogP contribution in [0.2, 0.25) is 0 Å². The molecule has 2 amide bonds. The predicted molar refractivity (Wildman–Crippen MR) is 205 cm³/mol. The van der Waals surface area contributed by atoms with Crippen molar-refractivity contribution in [2.45, 2.75) is 61.8 Å². The van der Waals surface area contributed by atoms with Gasteiger partial charge in [-0.1, -0.05) is 0 Å². The topological polar surface area (TPSA) is 43.9 Å². The van der Waals surface area contributed by atoms with Crippen molar-refractivity contribution in [3.05, 3.63) is 91.0 Å². The molecule has 47 heavy (non-hydrogen) atoms. The Hall–Kier alpha value is -3.01. The van der Waals surface area contributed by atoms with Crippen molar-refractivity contribution in [1.29, 1.82) is 0 Å². The molecule has 0 bridgehead atoms. The molecule has 0 aromatic heterocycles. The average molecular weight is 660 g/mol. The second-order valence-electron chi connectivity index (χ2n) is 15.0. The fourth-order valence-electron chi connectivity index (χ4n) is 6.78. The molecule has 0 N–H and O–H groups in total. The van der Waals surface area contributed by atoms with Gasteiger partial charge in [0.25, 0.3) is 0 Å². The van der Waals surface area contributed by atoms with Gasteiger partial charge in [0.2, 0.25) is 0 Å². The minimum atomic E-state index is -2.42. The molecule has 258 valence electrons. The van der Waals surface area contributed by atoms with Crippen molar-refractivity contribution in [1.82, 2.24) is 14.7 Å². The van der Waals surface area contributed by atoms with Gasteiger partial charge in [0.05, 0.1) is 0 Å². The van der Waals surface area contributed by atoms with E-state index in [9.17, 15) is 9.59 Å². The molecule has 0 saturated heterocycles. The van der Waals surface area contributed by atoms with Crippen molar-refractivity contribution in [2.75, 3.05) is 52.0 Å². The molecule has 0 aliphatic carbocycles. The van der Waals surface area contributed by atoms with Crippen molar-refractivity contribution >= 4 is 35.0 Å². The van der Waals surface area contributed by atoms with Crippen LogP contribution in [-0.4, -0.2) is 78.5 Å². The second kappa shape index (κ2) is 19.1. The monoisotopic (exact) mass is 659 g/mol. The van der Waals surface area contributed by atoms with Crippen molar-refractivity contribution in [2.24, 2.45) is 23.7 Å². The van der Waals surface area contributed by atoms with Gasteiger partial charge >= 0.3 is 288 Å². The normalized spacial score (nSPS) is 12.4. The van der Waals surface area contributed by atoms with Crippen molar-refractivity contribution in [3.63, 3.8) is 0 Å². The van der Waals surface area contributed by atoms with Crippen LogP contribution in [0.5, 0.6) is 0 Å². The summed E-state index contributed by atoms with van der Waals surface area (Å²) in [4.78, 5) is 34.0. The van der Waals surface area contributed by atoms with E-state index in [0.717, 1.165) is 38.8 Å². The molecule has 0 spiro atoms. The zero-order chi connectivity index (χ0) is 34.4. The molecular weight excluding hydrogens is 597 g/mol. The van der Waals surface area contributed by atoms with Crippen LogP contribution in [0.1, 0.15) is 61.8 Å². The first-order chi connectivity index (χ1) is 22.4. The van der Waals surface area contributed by atoms with E-state index in [-0.39, 0.29) is 24.9 Å². The van der Waals surface area contributed by atoms with E-state index in [1.807, 2.05) is 9.80 Å². The van der Waals surface area contributed by atoms with Crippen molar-refractivity contribution in [3.8, 4) is 0 Å². The van der Waals surface area contributed by atoms with Crippen LogP contribution in [0, 0.1) is 23.7 Å². The molecule has 0 aliphatic rings. The second-order valence-corrected chi connectivity index (χ2v) is 19.0. The maximum atomic E-state index is 13.9. The van der Waals surface area contributed by atoms with Gasteiger partial charge in [-0.15, -0.1) is 0 Å². The molecule has 3 aromatic carbocycles. The van der Waals surface area contributed by atoms with E-state index < -0.39 is 7.26 Å². The Bertz CT molecular complexity index is 1170. The first kappa shape index (κ1) is 38.4. The van der Waals surface area contributed by atoms with Crippen LogP contribution >= 0.6 is 7.26 Å². The minimum absolute atomic E-state index is 0.122. The molecule has 3 rings (SSSR count). The summed E-state index contributed by atoms with van der Waals surface area (Å²) in [7, 11) is -2.42. The third-order valence-electron chi connectivity index (χ3n) is 8.59. The third kappa shape index (κ3) is 11.9. The molecule has 3 aromatic rings. The molecule has 0 radical (unpaired) electrons. The summed E-state index contributed by atoms with van der Waals surface area (Å²) in [6.07, 6.45) is 1.86. The molecule has 6 heteroatoms. The van der Waals surface area contributed by atoms with Gasteiger partial charge in [0.15, 0.2) is 0 Å². The number of hydrogen-bond acceptors (Lipinski definition) is 3. The van der Waals surface area contributed by atoms with Crippen LogP contribution in [0.15, 0.2) is 91.0 Å². The Morgan fingerprint density at radius 2 is 0.809 bits per heavy atom. The standard InChI is InChI=1S/C41H62N3O2P/c1-33(2)27-43(28-34(3)4)40(45)31-42(32-41(46)44(29-35(5)6)30-36(7)8)25-18-26-47(37-19-12-9-13-20-37,38-21-14-10-15-22-38)39-23-16-11-17-24-39/h9-17,19-24,33-36,47H,18,25-32H2,1-8H3. The van der Waals surface area contributed by atoms with Gasteiger partial charge in [-0.05, 0) is 0 Å². The Balaban J connectivity index is 1.97. The molecule has 0 unspecified atom stereocenters. The van der Waals surface area contributed by atoms with Crippen molar-refractivity contribution < 1.29 is 9.59 Å². The summed E-state index contributed by atoms with van der Waals surface area (Å²) in [5.41, 5.74) is 0. The quantitative estimate of drug-likeness (QED) is 0.135.